The largest absolute Gasteiger partial charge is 0.382 e. The minimum Gasteiger partial charge on any atom is -0.382 e. The number of rotatable bonds is 7. The molecule has 4 aromatic rings. The van der Waals surface area contributed by atoms with Gasteiger partial charge in [-0.25, -0.2) is 19.5 Å². The number of imidazole rings is 1. The van der Waals surface area contributed by atoms with Crippen molar-refractivity contribution >= 4 is 17.2 Å². The first-order chi connectivity index (χ1) is 14.8. The second-order valence-electron chi connectivity index (χ2n) is 7.60. The van der Waals surface area contributed by atoms with Gasteiger partial charge in [0.15, 0.2) is 0 Å². The Morgan fingerprint density at radius 1 is 1.07 bits per heavy atom. The smallest absolute Gasteiger partial charge is 0.241 e. The Labute approximate surface area is 174 Å². The molecular formula is C21H25N7O2. The average molecular weight is 407 g/mol. The van der Waals surface area contributed by atoms with E-state index in [1.807, 2.05) is 46.0 Å². The SMILES string of the molecule is COCCO[C@H]1CC[C@@H](Nc2ncc3c(-c4cnc5nccn5c4)ccn3n2)CC1. The summed E-state index contributed by atoms with van der Waals surface area (Å²) in [5.41, 5.74) is 2.98. The van der Waals surface area contributed by atoms with Gasteiger partial charge in [0.05, 0.1) is 31.0 Å². The number of aromatic nitrogens is 6. The van der Waals surface area contributed by atoms with Crippen molar-refractivity contribution in [3.05, 3.63) is 43.2 Å². The molecule has 156 valence electrons. The average Bonchev–Trinajstić information content (AvgIpc) is 3.41. The van der Waals surface area contributed by atoms with Crippen molar-refractivity contribution in [3.63, 3.8) is 0 Å². The zero-order chi connectivity index (χ0) is 20.3. The topological polar surface area (TPSA) is 90.9 Å². The normalized spacial score (nSPS) is 19.5. The Balaban J connectivity index is 1.26. The van der Waals surface area contributed by atoms with Gasteiger partial charge >= 0.3 is 0 Å². The van der Waals surface area contributed by atoms with E-state index in [0.29, 0.717) is 37.1 Å². The third-order valence-electron chi connectivity index (χ3n) is 5.62. The maximum Gasteiger partial charge on any atom is 0.241 e. The minimum absolute atomic E-state index is 0.329. The maximum atomic E-state index is 5.85. The van der Waals surface area contributed by atoms with E-state index >= 15 is 0 Å². The van der Waals surface area contributed by atoms with Crippen LogP contribution in [0.2, 0.25) is 0 Å². The molecule has 4 aromatic heterocycles. The number of nitrogens with zero attached hydrogens (tertiary/aromatic N) is 6. The van der Waals surface area contributed by atoms with Gasteiger partial charge in [0.2, 0.25) is 11.7 Å². The monoisotopic (exact) mass is 407 g/mol. The van der Waals surface area contributed by atoms with Gasteiger partial charge in [-0.15, -0.1) is 5.10 Å². The van der Waals surface area contributed by atoms with E-state index in [1.54, 1.807) is 13.3 Å². The molecule has 1 fully saturated rings. The van der Waals surface area contributed by atoms with Crippen LogP contribution in [-0.2, 0) is 9.47 Å². The second-order valence-corrected chi connectivity index (χ2v) is 7.60. The first-order valence-electron chi connectivity index (χ1n) is 10.3. The van der Waals surface area contributed by atoms with Crippen molar-refractivity contribution in [1.29, 1.82) is 0 Å². The lowest BCUT2D eigenvalue weighted by atomic mass is 9.93. The maximum absolute atomic E-state index is 5.85. The van der Waals surface area contributed by atoms with Crippen molar-refractivity contribution in [2.45, 2.75) is 37.8 Å². The number of methoxy groups -OCH3 is 1. The summed E-state index contributed by atoms with van der Waals surface area (Å²) in [7, 11) is 1.70. The molecule has 1 N–H and O–H groups in total. The number of ether oxygens (including phenoxy) is 2. The van der Waals surface area contributed by atoms with Crippen molar-refractivity contribution < 1.29 is 9.47 Å². The summed E-state index contributed by atoms with van der Waals surface area (Å²) in [4.78, 5) is 13.2. The number of hydrogen-bond donors (Lipinski definition) is 1. The molecule has 0 aliphatic heterocycles. The third kappa shape index (κ3) is 3.86. The fourth-order valence-electron chi connectivity index (χ4n) is 4.02. The molecule has 5 rings (SSSR count). The predicted molar refractivity (Wildman–Crippen MR) is 112 cm³/mol. The first-order valence-corrected chi connectivity index (χ1v) is 10.3. The molecule has 1 aliphatic rings. The molecule has 1 aliphatic carbocycles. The van der Waals surface area contributed by atoms with Gasteiger partial charge in [0.1, 0.15) is 0 Å². The molecule has 0 radical (unpaired) electrons. The molecule has 0 saturated heterocycles. The summed E-state index contributed by atoms with van der Waals surface area (Å²) < 4.78 is 14.7. The van der Waals surface area contributed by atoms with E-state index in [0.717, 1.165) is 42.3 Å². The van der Waals surface area contributed by atoms with Gasteiger partial charge in [-0.3, -0.25) is 4.40 Å². The molecule has 0 unspecified atom stereocenters. The number of nitrogens with one attached hydrogen (secondary N) is 1. The fraction of sp³-hybridized carbons (Fsp3) is 0.429. The Kier molecular flexibility index (Phi) is 5.29. The van der Waals surface area contributed by atoms with Crippen LogP contribution in [0.4, 0.5) is 5.95 Å². The molecule has 4 heterocycles. The predicted octanol–water partition coefficient (Wildman–Crippen LogP) is 2.83. The lowest BCUT2D eigenvalue weighted by Gasteiger charge is -2.29. The van der Waals surface area contributed by atoms with Crippen LogP contribution in [0.5, 0.6) is 0 Å². The van der Waals surface area contributed by atoms with Gasteiger partial charge in [-0.1, -0.05) is 0 Å². The Hall–Kier alpha value is -3.04. The van der Waals surface area contributed by atoms with Crippen LogP contribution in [-0.4, -0.2) is 61.4 Å². The first kappa shape index (κ1) is 19.0. The Morgan fingerprint density at radius 3 is 2.83 bits per heavy atom. The van der Waals surface area contributed by atoms with Gasteiger partial charge < -0.3 is 14.8 Å². The van der Waals surface area contributed by atoms with Gasteiger partial charge in [0.25, 0.3) is 0 Å². The highest BCUT2D eigenvalue weighted by molar-refractivity contribution is 5.79. The van der Waals surface area contributed by atoms with Crippen molar-refractivity contribution in [3.8, 4) is 11.1 Å². The van der Waals surface area contributed by atoms with Crippen LogP contribution in [0.25, 0.3) is 22.4 Å². The van der Waals surface area contributed by atoms with Crippen LogP contribution in [0, 0.1) is 0 Å². The van der Waals surface area contributed by atoms with Gasteiger partial charge in [-0.05, 0) is 31.7 Å². The van der Waals surface area contributed by atoms with E-state index in [2.05, 4.69) is 25.4 Å². The van der Waals surface area contributed by atoms with Crippen LogP contribution >= 0.6 is 0 Å². The summed E-state index contributed by atoms with van der Waals surface area (Å²) >= 11 is 0. The Morgan fingerprint density at radius 2 is 1.97 bits per heavy atom. The summed E-state index contributed by atoms with van der Waals surface area (Å²) in [5.74, 6) is 1.33. The summed E-state index contributed by atoms with van der Waals surface area (Å²) in [6, 6.07) is 2.41. The number of fused-ring (bicyclic) bond motifs is 2. The molecule has 30 heavy (non-hydrogen) atoms. The minimum atomic E-state index is 0.329. The van der Waals surface area contributed by atoms with Crippen molar-refractivity contribution in [2.24, 2.45) is 0 Å². The fourth-order valence-corrected chi connectivity index (χ4v) is 4.02. The van der Waals surface area contributed by atoms with Crippen molar-refractivity contribution in [1.82, 2.24) is 29.0 Å². The highest BCUT2D eigenvalue weighted by atomic mass is 16.5. The lowest BCUT2D eigenvalue weighted by molar-refractivity contribution is -0.00158. The van der Waals surface area contributed by atoms with E-state index in [9.17, 15) is 0 Å². The van der Waals surface area contributed by atoms with Crippen LogP contribution in [0.15, 0.2) is 43.2 Å². The van der Waals surface area contributed by atoms with Crippen LogP contribution < -0.4 is 5.32 Å². The molecule has 9 heteroatoms. The zero-order valence-electron chi connectivity index (χ0n) is 16.9. The van der Waals surface area contributed by atoms with E-state index < -0.39 is 0 Å². The van der Waals surface area contributed by atoms with Crippen LogP contribution in [0.1, 0.15) is 25.7 Å². The third-order valence-corrected chi connectivity index (χ3v) is 5.62. The number of anilines is 1. The van der Waals surface area contributed by atoms with E-state index in [-0.39, 0.29) is 0 Å². The standard InChI is InChI=1S/C21H25N7O2/c1-29-10-11-30-17-4-2-16(3-5-17)25-20-23-13-19-18(6-8-28(19)26-20)15-12-24-21-22-7-9-27(21)14-15/h6-9,12-14,16-17H,2-5,10-11H2,1H3,(H,25,26)/t16-,17+. The molecular weight excluding hydrogens is 382 g/mol. The van der Waals surface area contributed by atoms with E-state index in [1.165, 1.54) is 0 Å². The van der Waals surface area contributed by atoms with Crippen molar-refractivity contribution in [2.75, 3.05) is 25.6 Å². The Bertz CT molecular complexity index is 1130. The molecule has 0 amide bonds. The highest BCUT2D eigenvalue weighted by Crippen LogP contribution is 2.26. The highest BCUT2D eigenvalue weighted by Gasteiger charge is 2.22. The molecule has 0 bridgehead atoms. The second kappa shape index (κ2) is 8.37. The van der Waals surface area contributed by atoms with Crippen LogP contribution in [0.3, 0.4) is 0 Å². The summed E-state index contributed by atoms with van der Waals surface area (Å²) in [5, 5.41) is 8.14. The summed E-state index contributed by atoms with van der Waals surface area (Å²) in [6.45, 7) is 1.31. The van der Waals surface area contributed by atoms with E-state index in [4.69, 9.17) is 9.47 Å². The molecule has 0 atom stereocenters. The molecule has 0 aromatic carbocycles. The quantitative estimate of drug-likeness (QED) is 0.471. The number of hydrogen-bond acceptors (Lipinski definition) is 7. The molecule has 1 saturated carbocycles. The lowest BCUT2D eigenvalue weighted by Crippen LogP contribution is -2.31. The van der Waals surface area contributed by atoms with Gasteiger partial charge in [0, 0.05) is 55.3 Å². The zero-order valence-corrected chi connectivity index (χ0v) is 16.9. The molecule has 0 spiro atoms. The van der Waals surface area contributed by atoms with Gasteiger partial charge in [-0.2, -0.15) is 0 Å². The summed E-state index contributed by atoms with van der Waals surface area (Å²) in [6.07, 6.45) is 15.8. The molecule has 9 nitrogen and oxygen atoms in total.